The third-order valence-electron chi connectivity index (χ3n) is 6.29. The fourth-order valence-corrected chi connectivity index (χ4v) is 4.75. The van der Waals surface area contributed by atoms with Crippen LogP contribution in [0.15, 0.2) is 12.3 Å². The summed E-state index contributed by atoms with van der Waals surface area (Å²) in [5.41, 5.74) is 3.29. The molecule has 2 aromatic heterocycles. The van der Waals surface area contributed by atoms with Gasteiger partial charge in [0.1, 0.15) is 11.9 Å². The molecule has 8 heteroatoms. The predicted octanol–water partition coefficient (Wildman–Crippen LogP) is 2.44. The van der Waals surface area contributed by atoms with Gasteiger partial charge in [0.15, 0.2) is 0 Å². The Morgan fingerprint density at radius 3 is 3.00 bits per heavy atom. The smallest absolute Gasteiger partial charge is 0.229 e. The summed E-state index contributed by atoms with van der Waals surface area (Å²) >= 11 is 0. The molecular weight excluding hydrogens is 382 g/mol. The minimum Gasteiger partial charge on any atom is -0.385 e. The molecule has 0 spiro atoms. The average Bonchev–Trinajstić information content (AvgIpc) is 3.46. The van der Waals surface area contributed by atoms with E-state index in [0.29, 0.717) is 25.7 Å². The van der Waals surface area contributed by atoms with Crippen LogP contribution in [0.25, 0.3) is 0 Å². The maximum atomic E-state index is 13.5. The SMILES string of the molecule is COCCCn1nccc1[C@H]1OCC[C@@H]1C(=O)N1CCc2c(nc(C(C)C)n2C)C1. The Morgan fingerprint density at radius 2 is 2.23 bits per heavy atom. The second-order valence-electron chi connectivity index (χ2n) is 8.60. The lowest BCUT2D eigenvalue weighted by Gasteiger charge is -2.30. The van der Waals surface area contributed by atoms with E-state index >= 15 is 0 Å². The van der Waals surface area contributed by atoms with Crippen LogP contribution in [0, 0.1) is 5.92 Å². The summed E-state index contributed by atoms with van der Waals surface area (Å²) in [5.74, 6) is 1.47. The van der Waals surface area contributed by atoms with E-state index in [-0.39, 0.29) is 17.9 Å². The number of carbonyl (C=O) groups is 1. The van der Waals surface area contributed by atoms with Gasteiger partial charge in [0, 0.05) is 64.7 Å². The molecule has 2 aliphatic rings. The number of imidazole rings is 1. The molecule has 2 aromatic rings. The summed E-state index contributed by atoms with van der Waals surface area (Å²) in [7, 11) is 3.79. The molecule has 30 heavy (non-hydrogen) atoms. The van der Waals surface area contributed by atoms with Gasteiger partial charge in [-0.15, -0.1) is 0 Å². The fourth-order valence-electron chi connectivity index (χ4n) is 4.75. The number of amides is 1. The van der Waals surface area contributed by atoms with E-state index in [9.17, 15) is 4.79 Å². The number of hydrogen-bond donors (Lipinski definition) is 0. The molecule has 2 aliphatic heterocycles. The number of aromatic nitrogens is 4. The molecule has 1 saturated heterocycles. The number of carbonyl (C=O) groups excluding carboxylic acids is 1. The summed E-state index contributed by atoms with van der Waals surface area (Å²) in [6.07, 6.45) is 4.03. The van der Waals surface area contributed by atoms with E-state index in [2.05, 4.69) is 30.6 Å². The molecule has 0 radical (unpaired) electrons. The van der Waals surface area contributed by atoms with Gasteiger partial charge in [-0.25, -0.2) is 4.98 Å². The summed E-state index contributed by atoms with van der Waals surface area (Å²) in [6.45, 7) is 7.69. The van der Waals surface area contributed by atoms with Crippen molar-refractivity contribution in [2.45, 2.75) is 58.2 Å². The molecule has 0 aliphatic carbocycles. The van der Waals surface area contributed by atoms with Crippen molar-refractivity contribution >= 4 is 5.91 Å². The molecule has 4 rings (SSSR count). The number of fused-ring (bicyclic) bond motifs is 1. The number of nitrogens with zero attached hydrogens (tertiary/aromatic N) is 5. The average molecular weight is 416 g/mol. The molecule has 0 unspecified atom stereocenters. The molecular formula is C22H33N5O3. The lowest BCUT2D eigenvalue weighted by molar-refractivity contribution is -0.138. The first-order chi connectivity index (χ1) is 14.5. The molecule has 0 saturated carbocycles. The van der Waals surface area contributed by atoms with Crippen LogP contribution in [0.2, 0.25) is 0 Å². The maximum Gasteiger partial charge on any atom is 0.229 e. The molecule has 164 valence electrons. The Balaban J connectivity index is 1.48. The van der Waals surface area contributed by atoms with Crippen molar-refractivity contribution in [2.75, 3.05) is 26.9 Å². The van der Waals surface area contributed by atoms with E-state index in [1.807, 2.05) is 15.6 Å². The Morgan fingerprint density at radius 1 is 1.40 bits per heavy atom. The highest BCUT2D eigenvalue weighted by molar-refractivity contribution is 5.80. The highest BCUT2D eigenvalue weighted by Crippen LogP contribution is 2.37. The van der Waals surface area contributed by atoms with Gasteiger partial charge in [-0.2, -0.15) is 5.10 Å². The Hall–Kier alpha value is -2.19. The van der Waals surface area contributed by atoms with Gasteiger partial charge in [0.25, 0.3) is 0 Å². The molecule has 4 heterocycles. The molecule has 8 nitrogen and oxygen atoms in total. The summed E-state index contributed by atoms with van der Waals surface area (Å²) < 4.78 is 15.4. The zero-order valence-electron chi connectivity index (χ0n) is 18.5. The second-order valence-corrected chi connectivity index (χ2v) is 8.60. The second kappa shape index (κ2) is 8.89. The van der Waals surface area contributed by atoms with Crippen LogP contribution in [0.4, 0.5) is 0 Å². The normalized spacial score (nSPS) is 21.4. The number of hydrogen-bond acceptors (Lipinski definition) is 5. The van der Waals surface area contributed by atoms with E-state index in [1.54, 1.807) is 13.3 Å². The van der Waals surface area contributed by atoms with Gasteiger partial charge in [-0.1, -0.05) is 13.8 Å². The van der Waals surface area contributed by atoms with Crippen LogP contribution in [0.3, 0.4) is 0 Å². The quantitative estimate of drug-likeness (QED) is 0.650. The first-order valence-electron chi connectivity index (χ1n) is 11.0. The maximum absolute atomic E-state index is 13.5. The van der Waals surface area contributed by atoms with Gasteiger partial charge < -0.3 is 18.9 Å². The van der Waals surface area contributed by atoms with E-state index in [1.165, 1.54) is 5.69 Å². The van der Waals surface area contributed by atoms with Crippen LogP contribution in [-0.4, -0.2) is 57.0 Å². The first kappa shape index (κ1) is 21.1. The number of ether oxygens (including phenoxy) is 2. The molecule has 0 N–H and O–H groups in total. The number of methoxy groups -OCH3 is 1. The molecule has 1 fully saturated rings. The zero-order valence-corrected chi connectivity index (χ0v) is 18.5. The monoisotopic (exact) mass is 415 g/mol. The highest BCUT2D eigenvalue weighted by atomic mass is 16.5. The van der Waals surface area contributed by atoms with Crippen molar-refractivity contribution in [1.82, 2.24) is 24.2 Å². The van der Waals surface area contributed by atoms with Gasteiger partial charge in [0.05, 0.1) is 23.9 Å². The molecule has 2 atom stereocenters. The lowest BCUT2D eigenvalue weighted by Crippen LogP contribution is -2.41. The Labute approximate surface area is 178 Å². The lowest BCUT2D eigenvalue weighted by atomic mass is 9.96. The Bertz CT molecular complexity index is 887. The summed E-state index contributed by atoms with van der Waals surface area (Å²) in [4.78, 5) is 20.3. The van der Waals surface area contributed by atoms with Crippen LogP contribution >= 0.6 is 0 Å². The fraction of sp³-hybridized carbons (Fsp3) is 0.682. The first-order valence-corrected chi connectivity index (χ1v) is 11.0. The van der Waals surface area contributed by atoms with Gasteiger partial charge in [0.2, 0.25) is 5.91 Å². The van der Waals surface area contributed by atoms with Crippen LogP contribution in [-0.2, 0) is 40.8 Å². The minimum atomic E-state index is -0.237. The number of rotatable bonds is 7. The van der Waals surface area contributed by atoms with Crippen LogP contribution in [0.1, 0.15) is 61.6 Å². The minimum absolute atomic E-state index is 0.169. The summed E-state index contributed by atoms with van der Waals surface area (Å²) in [5, 5.41) is 4.44. The highest BCUT2D eigenvalue weighted by Gasteiger charge is 2.40. The number of aryl methyl sites for hydroxylation is 1. The van der Waals surface area contributed by atoms with E-state index in [0.717, 1.165) is 49.6 Å². The van der Waals surface area contributed by atoms with Crippen molar-refractivity contribution in [2.24, 2.45) is 13.0 Å². The summed E-state index contributed by atoms with van der Waals surface area (Å²) in [6, 6.07) is 1.98. The van der Waals surface area contributed by atoms with Gasteiger partial charge in [-0.3, -0.25) is 9.48 Å². The van der Waals surface area contributed by atoms with Crippen molar-refractivity contribution in [3.63, 3.8) is 0 Å². The standard InChI is InChI=1S/C22H33N5O3/c1-15(2)21-24-17-14-26(11-7-18(17)25(21)3)22(28)16-8-13-30-20(16)19-6-9-23-27(19)10-5-12-29-4/h6,9,15-16,20H,5,7-8,10-14H2,1-4H3/t16-,20-/m0/s1. The van der Waals surface area contributed by atoms with E-state index in [4.69, 9.17) is 14.5 Å². The zero-order chi connectivity index (χ0) is 21.3. The van der Waals surface area contributed by atoms with Crippen molar-refractivity contribution in [3.8, 4) is 0 Å². The predicted molar refractivity (Wildman–Crippen MR) is 112 cm³/mol. The Kier molecular flexibility index (Phi) is 6.24. The van der Waals surface area contributed by atoms with Crippen molar-refractivity contribution in [3.05, 3.63) is 35.2 Å². The van der Waals surface area contributed by atoms with Crippen LogP contribution < -0.4 is 0 Å². The van der Waals surface area contributed by atoms with Gasteiger partial charge in [-0.05, 0) is 18.9 Å². The largest absolute Gasteiger partial charge is 0.385 e. The van der Waals surface area contributed by atoms with Crippen molar-refractivity contribution in [1.29, 1.82) is 0 Å². The topological polar surface area (TPSA) is 74.4 Å². The third kappa shape index (κ3) is 3.90. The van der Waals surface area contributed by atoms with Crippen molar-refractivity contribution < 1.29 is 14.3 Å². The third-order valence-corrected chi connectivity index (χ3v) is 6.29. The molecule has 0 aromatic carbocycles. The van der Waals surface area contributed by atoms with Gasteiger partial charge >= 0.3 is 0 Å². The van der Waals surface area contributed by atoms with E-state index < -0.39 is 0 Å². The molecule has 1 amide bonds. The van der Waals surface area contributed by atoms with Crippen LogP contribution in [0.5, 0.6) is 0 Å². The molecule has 0 bridgehead atoms.